The molecule has 0 saturated heterocycles. The number of ether oxygens (including phenoxy) is 1. The quantitative estimate of drug-likeness (QED) is 0.415. The van der Waals surface area contributed by atoms with Gasteiger partial charge in [0.1, 0.15) is 12.9 Å². The molecule has 0 aromatic heterocycles. The molecular formula is C9H17N3O2. The molecule has 5 heteroatoms. The lowest BCUT2D eigenvalue weighted by Gasteiger charge is -2.27. The smallest absolute Gasteiger partial charge is 0.142 e. The van der Waals surface area contributed by atoms with Crippen molar-refractivity contribution < 1.29 is 9.94 Å². The molecule has 1 aliphatic heterocycles. The summed E-state index contributed by atoms with van der Waals surface area (Å²) < 4.78 is 5.46. The van der Waals surface area contributed by atoms with Gasteiger partial charge in [0.2, 0.25) is 0 Å². The van der Waals surface area contributed by atoms with E-state index in [1.165, 1.54) is 6.21 Å². The lowest BCUT2D eigenvalue weighted by Crippen LogP contribution is -2.39. The average molecular weight is 199 g/mol. The van der Waals surface area contributed by atoms with E-state index in [0.29, 0.717) is 6.73 Å². The van der Waals surface area contributed by atoms with Gasteiger partial charge in [0, 0.05) is 19.4 Å². The minimum Gasteiger partial charge on any atom is -0.411 e. The van der Waals surface area contributed by atoms with Crippen molar-refractivity contribution in [1.29, 1.82) is 0 Å². The van der Waals surface area contributed by atoms with E-state index in [2.05, 4.69) is 5.16 Å². The zero-order chi connectivity index (χ0) is 10.6. The van der Waals surface area contributed by atoms with Crippen molar-refractivity contribution >= 4 is 6.21 Å². The van der Waals surface area contributed by atoms with Gasteiger partial charge in [0.05, 0.1) is 12.3 Å². The number of oxime groups is 1. The molecule has 0 amide bonds. The van der Waals surface area contributed by atoms with E-state index >= 15 is 0 Å². The Morgan fingerprint density at radius 3 is 2.86 bits per heavy atom. The topological polar surface area (TPSA) is 48.3 Å². The van der Waals surface area contributed by atoms with E-state index in [4.69, 9.17) is 9.94 Å². The normalized spacial score (nSPS) is 21.9. The molecule has 80 valence electrons. The van der Waals surface area contributed by atoms with E-state index in [0.717, 1.165) is 0 Å². The highest BCUT2D eigenvalue weighted by Crippen LogP contribution is 2.12. The maximum absolute atomic E-state index is 8.49. The Kier molecular flexibility index (Phi) is 3.76. The zero-order valence-corrected chi connectivity index (χ0v) is 8.79. The average Bonchev–Trinajstić information content (AvgIpc) is 2.46. The summed E-state index contributed by atoms with van der Waals surface area (Å²) in [7, 11) is 1.91. The van der Waals surface area contributed by atoms with Crippen LogP contribution in [0.1, 0.15) is 13.8 Å². The first-order valence-electron chi connectivity index (χ1n) is 4.60. The van der Waals surface area contributed by atoms with Crippen LogP contribution in [0.5, 0.6) is 0 Å². The third-order valence-corrected chi connectivity index (χ3v) is 2.01. The van der Waals surface area contributed by atoms with Crippen molar-refractivity contribution in [3.05, 3.63) is 12.4 Å². The van der Waals surface area contributed by atoms with Crippen LogP contribution < -0.4 is 0 Å². The van der Waals surface area contributed by atoms with E-state index in [9.17, 15) is 0 Å². The first-order chi connectivity index (χ1) is 6.65. The predicted molar refractivity (Wildman–Crippen MR) is 53.9 cm³/mol. The molecule has 5 nitrogen and oxygen atoms in total. The van der Waals surface area contributed by atoms with Crippen molar-refractivity contribution in [2.24, 2.45) is 5.16 Å². The van der Waals surface area contributed by atoms with Gasteiger partial charge >= 0.3 is 0 Å². The molecule has 0 aromatic rings. The van der Waals surface area contributed by atoms with Crippen LogP contribution in [0.25, 0.3) is 0 Å². The fourth-order valence-electron chi connectivity index (χ4n) is 1.21. The van der Waals surface area contributed by atoms with Crippen LogP contribution >= 0.6 is 0 Å². The summed E-state index contributed by atoms with van der Waals surface area (Å²) in [6, 6.07) is 0. The molecule has 1 aliphatic rings. The molecule has 0 radical (unpaired) electrons. The van der Waals surface area contributed by atoms with Crippen molar-refractivity contribution in [3.8, 4) is 0 Å². The first kappa shape index (κ1) is 10.8. The lowest BCUT2D eigenvalue weighted by atomic mass is 10.4. The van der Waals surface area contributed by atoms with Gasteiger partial charge in [-0.05, 0) is 13.8 Å². The Morgan fingerprint density at radius 1 is 1.57 bits per heavy atom. The third-order valence-electron chi connectivity index (χ3n) is 2.01. The van der Waals surface area contributed by atoms with Crippen molar-refractivity contribution in [1.82, 2.24) is 9.80 Å². The van der Waals surface area contributed by atoms with Crippen molar-refractivity contribution in [2.75, 3.05) is 13.8 Å². The highest BCUT2D eigenvalue weighted by Gasteiger charge is 2.21. The van der Waals surface area contributed by atoms with Crippen LogP contribution in [0.2, 0.25) is 0 Å². The summed E-state index contributed by atoms with van der Waals surface area (Å²) in [6.45, 7) is 4.46. The highest BCUT2D eigenvalue weighted by molar-refractivity contribution is 5.64. The van der Waals surface area contributed by atoms with Gasteiger partial charge in [-0.15, -0.1) is 0 Å². The molecule has 1 rings (SSSR count). The van der Waals surface area contributed by atoms with Gasteiger partial charge < -0.3 is 19.7 Å². The molecule has 0 aromatic carbocycles. The molecule has 1 N–H and O–H groups in total. The standard InChI is InChI=1S/C9H17N3O2/c1-8(2)14-7-12-5-4-11(3)9(12)6-10-13/h4-6,8-9,13H,7H2,1-3H3/b10-6-. The molecule has 1 atom stereocenters. The second-order valence-corrected chi connectivity index (χ2v) is 3.50. The van der Waals surface area contributed by atoms with Crippen LogP contribution in [-0.4, -0.2) is 47.3 Å². The van der Waals surface area contributed by atoms with Gasteiger partial charge in [-0.2, -0.15) is 0 Å². The lowest BCUT2D eigenvalue weighted by molar-refractivity contribution is -0.000658. The van der Waals surface area contributed by atoms with Gasteiger partial charge in [0.25, 0.3) is 0 Å². The second kappa shape index (κ2) is 4.85. The van der Waals surface area contributed by atoms with Gasteiger partial charge in [-0.25, -0.2) is 0 Å². The third kappa shape index (κ3) is 2.63. The summed E-state index contributed by atoms with van der Waals surface area (Å²) >= 11 is 0. The zero-order valence-electron chi connectivity index (χ0n) is 8.79. The second-order valence-electron chi connectivity index (χ2n) is 3.50. The monoisotopic (exact) mass is 199 g/mol. The molecule has 0 bridgehead atoms. The fourth-order valence-corrected chi connectivity index (χ4v) is 1.21. The van der Waals surface area contributed by atoms with E-state index in [-0.39, 0.29) is 12.3 Å². The van der Waals surface area contributed by atoms with E-state index in [1.54, 1.807) is 0 Å². The molecule has 1 unspecified atom stereocenters. The Labute approximate surface area is 84.2 Å². The molecule has 1 heterocycles. The van der Waals surface area contributed by atoms with Gasteiger partial charge in [-0.3, -0.25) is 0 Å². The minimum absolute atomic E-state index is 0.0567. The highest BCUT2D eigenvalue weighted by atomic mass is 16.5. The largest absolute Gasteiger partial charge is 0.411 e. The van der Waals surface area contributed by atoms with E-state index < -0.39 is 0 Å². The maximum atomic E-state index is 8.49. The van der Waals surface area contributed by atoms with Crippen LogP contribution in [0.3, 0.4) is 0 Å². The summed E-state index contributed by atoms with van der Waals surface area (Å²) in [6.07, 6.45) is 5.42. The van der Waals surface area contributed by atoms with Crippen LogP contribution in [0.15, 0.2) is 17.6 Å². The van der Waals surface area contributed by atoms with Crippen LogP contribution in [0.4, 0.5) is 0 Å². The number of hydrogen-bond acceptors (Lipinski definition) is 5. The molecular weight excluding hydrogens is 182 g/mol. The summed E-state index contributed by atoms with van der Waals surface area (Å²) in [5.74, 6) is 0. The Morgan fingerprint density at radius 2 is 2.29 bits per heavy atom. The number of rotatable bonds is 4. The molecule has 0 spiro atoms. The molecule has 14 heavy (non-hydrogen) atoms. The van der Waals surface area contributed by atoms with Crippen molar-refractivity contribution in [3.63, 3.8) is 0 Å². The molecule has 0 fully saturated rings. The summed E-state index contributed by atoms with van der Waals surface area (Å²) in [4.78, 5) is 3.88. The van der Waals surface area contributed by atoms with Crippen LogP contribution in [-0.2, 0) is 4.74 Å². The summed E-state index contributed by atoms with van der Waals surface area (Å²) in [5.41, 5.74) is 0. The van der Waals surface area contributed by atoms with Crippen molar-refractivity contribution in [2.45, 2.75) is 26.1 Å². The Bertz CT molecular complexity index is 228. The maximum Gasteiger partial charge on any atom is 0.142 e. The first-order valence-corrected chi connectivity index (χ1v) is 4.60. The SMILES string of the molecule is CC(C)OCN1C=CN(C)C1/C=N\O. The van der Waals surface area contributed by atoms with Crippen LogP contribution in [0, 0.1) is 0 Å². The van der Waals surface area contributed by atoms with Gasteiger partial charge in [-0.1, -0.05) is 5.16 Å². The molecule has 0 aliphatic carbocycles. The number of hydrogen-bond donors (Lipinski definition) is 1. The fraction of sp³-hybridized carbons (Fsp3) is 0.667. The van der Waals surface area contributed by atoms with Gasteiger partial charge in [0.15, 0.2) is 0 Å². The Hall–Kier alpha value is -1.23. The predicted octanol–water partition coefficient (Wildman–Crippen LogP) is 0.874. The summed E-state index contributed by atoms with van der Waals surface area (Å²) in [5, 5.41) is 11.5. The minimum atomic E-state index is -0.0567. The molecule has 0 saturated carbocycles. The Balaban J connectivity index is 2.47. The van der Waals surface area contributed by atoms with E-state index in [1.807, 2.05) is 43.1 Å². The number of nitrogens with zero attached hydrogens (tertiary/aromatic N) is 3.